The minimum Gasteiger partial charge on any atom is -0.356 e. The van der Waals surface area contributed by atoms with Crippen molar-refractivity contribution in [2.24, 2.45) is 11.3 Å². The minimum atomic E-state index is -1.83. The van der Waals surface area contributed by atoms with Crippen LogP contribution in [-0.4, -0.2) is 16.0 Å². The van der Waals surface area contributed by atoms with Gasteiger partial charge in [0.2, 0.25) is 5.79 Å². The van der Waals surface area contributed by atoms with Crippen molar-refractivity contribution in [2.75, 3.05) is 0 Å². The van der Waals surface area contributed by atoms with Gasteiger partial charge < -0.3 is 10.2 Å². The average Bonchev–Trinajstić information content (AvgIpc) is 2.64. The Balaban J connectivity index is 4.14. The zero-order chi connectivity index (χ0) is 21.3. The number of hydrogen-bond donors (Lipinski definition) is 2. The third-order valence-corrected chi connectivity index (χ3v) is 6.24. The van der Waals surface area contributed by atoms with Crippen molar-refractivity contribution in [3.63, 3.8) is 0 Å². The quantitative estimate of drug-likeness (QED) is 0.151. The summed E-state index contributed by atoms with van der Waals surface area (Å²) in [7, 11) is 0. The predicted molar refractivity (Wildman–Crippen MR) is 123 cm³/mol. The first kappa shape index (κ1) is 27.5. The van der Waals surface area contributed by atoms with E-state index >= 15 is 0 Å². The van der Waals surface area contributed by atoms with Crippen LogP contribution in [0.5, 0.6) is 0 Å². The van der Waals surface area contributed by atoms with Crippen molar-refractivity contribution < 1.29 is 10.2 Å². The standard InChI is InChI=1S/C26H50O2/c1-6-9-10-11-12-13-14-15-16-17-18-19-24(4)25(5,20-7-2)22-23-26(27,28)21-8-3/h24,27-28H,6-21H2,1-5H3. The van der Waals surface area contributed by atoms with Crippen LogP contribution >= 0.6 is 0 Å². The molecule has 166 valence electrons. The first-order valence-corrected chi connectivity index (χ1v) is 12.3. The van der Waals surface area contributed by atoms with Gasteiger partial charge in [-0.3, -0.25) is 0 Å². The molecule has 0 aromatic rings. The topological polar surface area (TPSA) is 40.5 Å². The maximum atomic E-state index is 9.99. The largest absolute Gasteiger partial charge is 0.356 e. The Hall–Kier alpha value is -0.520. The summed E-state index contributed by atoms with van der Waals surface area (Å²) in [6.45, 7) is 10.9. The summed E-state index contributed by atoms with van der Waals surface area (Å²) in [6.07, 6.45) is 19.4. The van der Waals surface area contributed by atoms with Crippen molar-refractivity contribution in [3.8, 4) is 11.8 Å². The van der Waals surface area contributed by atoms with E-state index in [1.807, 2.05) is 6.92 Å². The molecule has 2 N–H and O–H groups in total. The minimum absolute atomic E-state index is 0.127. The Bertz CT molecular complexity index is 418. The molecule has 2 unspecified atom stereocenters. The van der Waals surface area contributed by atoms with Gasteiger partial charge in [0.15, 0.2) is 0 Å². The summed E-state index contributed by atoms with van der Waals surface area (Å²) in [6, 6.07) is 0. The van der Waals surface area contributed by atoms with Crippen molar-refractivity contribution in [1.29, 1.82) is 0 Å². The molecule has 0 radical (unpaired) electrons. The van der Waals surface area contributed by atoms with Gasteiger partial charge in [-0.1, -0.05) is 111 Å². The van der Waals surface area contributed by atoms with Gasteiger partial charge >= 0.3 is 0 Å². The lowest BCUT2D eigenvalue weighted by Gasteiger charge is -2.31. The van der Waals surface area contributed by atoms with Gasteiger partial charge in [0, 0.05) is 11.8 Å². The Morgan fingerprint density at radius 2 is 1.11 bits per heavy atom. The number of aliphatic hydroxyl groups is 2. The first-order valence-electron chi connectivity index (χ1n) is 12.3. The van der Waals surface area contributed by atoms with Crippen LogP contribution in [0.4, 0.5) is 0 Å². The molecule has 0 spiro atoms. The molecule has 0 bridgehead atoms. The fourth-order valence-corrected chi connectivity index (χ4v) is 4.04. The highest BCUT2D eigenvalue weighted by atomic mass is 16.5. The lowest BCUT2D eigenvalue weighted by molar-refractivity contribution is -0.114. The molecule has 0 aliphatic heterocycles. The Morgan fingerprint density at radius 3 is 1.57 bits per heavy atom. The van der Waals surface area contributed by atoms with Crippen molar-refractivity contribution in [1.82, 2.24) is 0 Å². The van der Waals surface area contributed by atoms with E-state index in [-0.39, 0.29) is 5.41 Å². The van der Waals surface area contributed by atoms with Gasteiger partial charge in [-0.15, -0.1) is 0 Å². The maximum absolute atomic E-state index is 9.99. The summed E-state index contributed by atoms with van der Waals surface area (Å²) in [5, 5.41) is 20.0. The summed E-state index contributed by atoms with van der Waals surface area (Å²) >= 11 is 0. The number of hydrogen-bond acceptors (Lipinski definition) is 2. The molecule has 0 fully saturated rings. The van der Waals surface area contributed by atoms with Gasteiger partial charge in [-0.2, -0.15) is 0 Å². The van der Waals surface area contributed by atoms with Crippen LogP contribution in [0.3, 0.4) is 0 Å². The van der Waals surface area contributed by atoms with E-state index in [9.17, 15) is 10.2 Å². The van der Waals surface area contributed by atoms with Gasteiger partial charge in [-0.05, 0) is 38.0 Å². The molecule has 2 nitrogen and oxygen atoms in total. The third-order valence-electron chi connectivity index (χ3n) is 6.24. The highest BCUT2D eigenvalue weighted by Gasteiger charge is 2.29. The van der Waals surface area contributed by atoms with Crippen LogP contribution in [0, 0.1) is 23.2 Å². The highest BCUT2D eigenvalue weighted by Crippen LogP contribution is 2.35. The van der Waals surface area contributed by atoms with E-state index in [4.69, 9.17) is 0 Å². The fourth-order valence-electron chi connectivity index (χ4n) is 4.04. The normalized spacial score (nSPS) is 15.0. The molecule has 0 aromatic carbocycles. The zero-order valence-corrected chi connectivity index (χ0v) is 19.8. The van der Waals surface area contributed by atoms with E-state index in [0.29, 0.717) is 12.3 Å². The second kappa shape index (κ2) is 16.3. The average molecular weight is 395 g/mol. The fraction of sp³-hybridized carbons (Fsp3) is 0.923. The summed E-state index contributed by atoms with van der Waals surface area (Å²) in [5.41, 5.74) is -0.127. The van der Waals surface area contributed by atoms with Crippen LogP contribution in [0.15, 0.2) is 0 Å². The van der Waals surface area contributed by atoms with Crippen molar-refractivity contribution in [2.45, 2.75) is 143 Å². The van der Waals surface area contributed by atoms with E-state index in [2.05, 4.69) is 39.5 Å². The Kier molecular flexibility index (Phi) is 16.0. The van der Waals surface area contributed by atoms with Gasteiger partial charge in [0.1, 0.15) is 0 Å². The molecule has 0 heterocycles. The zero-order valence-electron chi connectivity index (χ0n) is 19.8. The van der Waals surface area contributed by atoms with E-state index in [1.165, 1.54) is 77.0 Å². The summed E-state index contributed by atoms with van der Waals surface area (Å²) < 4.78 is 0. The molecular weight excluding hydrogens is 344 g/mol. The van der Waals surface area contributed by atoms with Crippen molar-refractivity contribution >= 4 is 0 Å². The molecule has 28 heavy (non-hydrogen) atoms. The Morgan fingerprint density at radius 1 is 0.643 bits per heavy atom. The highest BCUT2D eigenvalue weighted by molar-refractivity contribution is 5.17. The SMILES string of the molecule is CCCCCCCCCCCCCC(C)C(C)(C#CC(O)(O)CCC)CCC. The number of unbranched alkanes of at least 4 members (excludes halogenated alkanes) is 10. The second-order valence-corrected chi connectivity index (χ2v) is 9.21. The number of rotatable bonds is 17. The van der Waals surface area contributed by atoms with Crippen LogP contribution < -0.4 is 0 Å². The molecular formula is C26H50O2. The van der Waals surface area contributed by atoms with Gasteiger partial charge in [0.25, 0.3) is 0 Å². The first-order chi connectivity index (χ1) is 13.3. The predicted octanol–water partition coefficient (Wildman–Crippen LogP) is 7.61. The lowest BCUT2D eigenvalue weighted by atomic mass is 9.73. The summed E-state index contributed by atoms with van der Waals surface area (Å²) in [4.78, 5) is 0. The van der Waals surface area contributed by atoms with Crippen molar-refractivity contribution in [3.05, 3.63) is 0 Å². The van der Waals surface area contributed by atoms with E-state index < -0.39 is 5.79 Å². The van der Waals surface area contributed by atoms with Crippen LogP contribution in [-0.2, 0) is 0 Å². The smallest absolute Gasteiger partial charge is 0.228 e. The van der Waals surface area contributed by atoms with Crippen LogP contribution in [0.2, 0.25) is 0 Å². The molecule has 0 aliphatic rings. The monoisotopic (exact) mass is 394 g/mol. The maximum Gasteiger partial charge on any atom is 0.228 e. The molecule has 2 heteroatoms. The van der Waals surface area contributed by atoms with E-state index in [0.717, 1.165) is 19.3 Å². The lowest BCUT2D eigenvalue weighted by Crippen LogP contribution is -2.28. The van der Waals surface area contributed by atoms with Gasteiger partial charge in [0.05, 0.1) is 0 Å². The second-order valence-electron chi connectivity index (χ2n) is 9.21. The van der Waals surface area contributed by atoms with Crippen LogP contribution in [0.25, 0.3) is 0 Å². The molecule has 2 atom stereocenters. The molecule has 0 saturated heterocycles. The Labute approximate surface area is 176 Å². The summed E-state index contributed by atoms with van der Waals surface area (Å²) in [5.74, 6) is 4.68. The van der Waals surface area contributed by atoms with Crippen LogP contribution in [0.1, 0.15) is 137 Å². The molecule has 0 saturated carbocycles. The molecule has 0 rings (SSSR count). The third kappa shape index (κ3) is 13.6. The molecule has 0 aromatic heterocycles. The van der Waals surface area contributed by atoms with E-state index in [1.54, 1.807) is 0 Å². The molecule has 0 aliphatic carbocycles. The van der Waals surface area contributed by atoms with Gasteiger partial charge in [-0.25, -0.2) is 0 Å². The molecule has 0 amide bonds.